The third-order valence-electron chi connectivity index (χ3n) is 4.25. The van der Waals surface area contributed by atoms with Gasteiger partial charge in [-0.15, -0.1) is 12.4 Å². The summed E-state index contributed by atoms with van der Waals surface area (Å²) in [6.45, 7) is 8.01. The molecule has 1 unspecified atom stereocenters. The fourth-order valence-corrected chi connectivity index (χ4v) is 3.15. The molecule has 0 aromatic carbocycles. The highest BCUT2D eigenvalue weighted by Crippen LogP contribution is 2.18. The van der Waals surface area contributed by atoms with E-state index in [1.54, 1.807) is 0 Å². The van der Waals surface area contributed by atoms with Gasteiger partial charge in [0.25, 0.3) is 5.91 Å². The first kappa shape index (κ1) is 18.7. The van der Waals surface area contributed by atoms with Crippen molar-refractivity contribution >= 4 is 24.1 Å². The van der Waals surface area contributed by atoms with Crippen LogP contribution in [0.15, 0.2) is 0 Å². The van der Waals surface area contributed by atoms with Gasteiger partial charge in [0.05, 0.1) is 0 Å². The second kappa shape index (κ2) is 8.34. The number of carbonyl (C=O) groups is 2. The maximum absolute atomic E-state index is 12.2. The highest BCUT2D eigenvalue weighted by atomic mass is 35.5. The van der Waals surface area contributed by atoms with Crippen LogP contribution in [0.1, 0.15) is 58.3 Å². The Labute approximate surface area is 138 Å². The Morgan fingerprint density at radius 2 is 2.05 bits per heavy atom. The van der Waals surface area contributed by atoms with Crippen LogP contribution in [0.25, 0.3) is 0 Å². The van der Waals surface area contributed by atoms with E-state index in [1.165, 1.54) is 19.8 Å². The molecule has 1 aliphatic heterocycles. The molecular formula is C16H26ClN3O2. The lowest BCUT2D eigenvalue weighted by molar-refractivity contribution is 0.0945. The van der Waals surface area contributed by atoms with Gasteiger partial charge in [0.1, 0.15) is 5.69 Å². The van der Waals surface area contributed by atoms with Gasteiger partial charge < -0.3 is 15.6 Å². The normalized spacial score (nSPS) is 17.7. The Balaban J connectivity index is 0.00000242. The number of piperidine rings is 1. The van der Waals surface area contributed by atoms with Crippen molar-refractivity contribution in [3.8, 4) is 0 Å². The van der Waals surface area contributed by atoms with Crippen LogP contribution in [0.2, 0.25) is 0 Å². The van der Waals surface area contributed by atoms with E-state index in [0.29, 0.717) is 23.7 Å². The molecular weight excluding hydrogens is 302 g/mol. The summed E-state index contributed by atoms with van der Waals surface area (Å²) in [5.74, 6) is 0.527. The van der Waals surface area contributed by atoms with E-state index in [1.807, 2.05) is 13.8 Å². The molecule has 0 aliphatic carbocycles. The molecule has 1 aromatic rings. The number of hydrogen-bond acceptors (Lipinski definition) is 3. The van der Waals surface area contributed by atoms with Crippen LogP contribution in [0.4, 0.5) is 0 Å². The summed E-state index contributed by atoms with van der Waals surface area (Å²) in [5.41, 5.74) is 2.66. The molecule has 2 rings (SSSR count). The number of ketones is 1. The van der Waals surface area contributed by atoms with Gasteiger partial charge in [-0.25, -0.2) is 0 Å². The summed E-state index contributed by atoms with van der Waals surface area (Å²) in [6, 6.07) is 0. The van der Waals surface area contributed by atoms with Crippen LogP contribution in [0.3, 0.4) is 0 Å². The molecule has 1 aromatic heterocycles. The number of rotatable bonds is 5. The van der Waals surface area contributed by atoms with E-state index in [4.69, 9.17) is 0 Å². The highest BCUT2D eigenvalue weighted by molar-refractivity contribution is 6.02. The molecule has 1 fully saturated rings. The lowest BCUT2D eigenvalue weighted by atomic mass is 9.96. The predicted octanol–water partition coefficient (Wildman–Crippen LogP) is 2.38. The Morgan fingerprint density at radius 1 is 1.32 bits per heavy atom. The number of nitrogens with one attached hydrogen (secondary N) is 3. The monoisotopic (exact) mass is 327 g/mol. The van der Waals surface area contributed by atoms with E-state index in [-0.39, 0.29) is 24.1 Å². The Bertz CT molecular complexity index is 534. The molecule has 124 valence electrons. The van der Waals surface area contributed by atoms with Gasteiger partial charge in [-0.2, -0.15) is 0 Å². The third kappa shape index (κ3) is 4.34. The highest BCUT2D eigenvalue weighted by Gasteiger charge is 2.20. The van der Waals surface area contributed by atoms with E-state index in [0.717, 1.165) is 30.8 Å². The Hall–Kier alpha value is -1.33. The first-order chi connectivity index (χ1) is 10.0. The molecule has 6 heteroatoms. The minimum atomic E-state index is -0.119. The SMILES string of the molecule is CC(=O)c1c(C)[nH]c(C(=O)NCCC2CCCNC2)c1C.Cl. The lowest BCUT2D eigenvalue weighted by Crippen LogP contribution is -2.33. The topological polar surface area (TPSA) is 74.0 Å². The first-order valence-electron chi connectivity index (χ1n) is 7.69. The molecule has 3 N–H and O–H groups in total. The number of aromatic amines is 1. The van der Waals surface area contributed by atoms with Gasteiger partial charge in [-0.05, 0) is 64.6 Å². The molecule has 1 amide bonds. The van der Waals surface area contributed by atoms with Gasteiger partial charge >= 0.3 is 0 Å². The fraction of sp³-hybridized carbons (Fsp3) is 0.625. The number of carbonyl (C=O) groups excluding carboxylic acids is 2. The summed E-state index contributed by atoms with van der Waals surface area (Å²) in [4.78, 5) is 26.8. The zero-order valence-electron chi connectivity index (χ0n) is 13.5. The standard InChI is InChI=1S/C16H25N3O2.ClH/c1-10-14(12(3)20)11(2)19-15(10)16(21)18-8-6-13-5-4-7-17-9-13;/h13,17,19H,4-9H2,1-3H3,(H,18,21);1H. The van der Waals surface area contributed by atoms with Crippen molar-refractivity contribution < 1.29 is 9.59 Å². The van der Waals surface area contributed by atoms with Gasteiger partial charge in [0, 0.05) is 17.8 Å². The molecule has 0 radical (unpaired) electrons. The summed E-state index contributed by atoms with van der Waals surface area (Å²) in [5, 5.41) is 6.34. The number of hydrogen-bond donors (Lipinski definition) is 3. The molecule has 22 heavy (non-hydrogen) atoms. The molecule has 0 bridgehead atoms. The molecule has 1 aliphatic rings. The van der Waals surface area contributed by atoms with Crippen molar-refractivity contribution in [2.45, 2.75) is 40.0 Å². The Morgan fingerprint density at radius 3 is 2.59 bits per heavy atom. The largest absolute Gasteiger partial charge is 0.354 e. The second-order valence-corrected chi connectivity index (χ2v) is 5.94. The van der Waals surface area contributed by atoms with Crippen LogP contribution in [0, 0.1) is 19.8 Å². The number of Topliss-reactive ketones (excluding diaryl/α,β-unsaturated/α-hetero) is 1. The van der Waals surface area contributed by atoms with Gasteiger partial charge in [-0.3, -0.25) is 9.59 Å². The van der Waals surface area contributed by atoms with Crippen molar-refractivity contribution in [1.82, 2.24) is 15.6 Å². The third-order valence-corrected chi connectivity index (χ3v) is 4.25. The second-order valence-electron chi connectivity index (χ2n) is 5.94. The smallest absolute Gasteiger partial charge is 0.268 e. The van der Waals surface area contributed by atoms with Crippen LogP contribution in [-0.4, -0.2) is 36.3 Å². The Kier molecular flexibility index (Phi) is 7.10. The average Bonchev–Trinajstić information content (AvgIpc) is 2.75. The van der Waals surface area contributed by atoms with Crippen molar-refractivity contribution in [1.29, 1.82) is 0 Å². The number of halogens is 1. The average molecular weight is 328 g/mol. The molecule has 1 saturated heterocycles. The summed E-state index contributed by atoms with van der Waals surface area (Å²) in [6.07, 6.45) is 3.45. The summed E-state index contributed by atoms with van der Waals surface area (Å²) >= 11 is 0. The van der Waals surface area contributed by atoms with Gasteiger partial charge in [0.15, 0.2) is 5.78 Å². The van der Waals surface area contributed by atoms with Crippen LogP contribution >= 0.6 is 12.4 Å². The van der Waals surface area contributed by atoms with Crippen LogP contribution in [0.5, 0.6) is 0 Å². The van der Waals surface area contributed by atoms with E-state index in [9.17, 15) is 9.59 Å². The van der Waals surface area contributed by atoms with Crippen molar-refractivity contribution in [2.24, 2.45) is 5.92 Å². The number of aryl methyl sites for hydroxylation is 1. The van der Waals surface area contributed by atoms with E-state index >= 15 is 0 Å². The van der Waals surface area contributed by atoms with Gasteiger partial charge in [0.2, 0.25) is 0 Å². The molecule has 2 heterocycles. The first-order valence-corrected chi connectivity index (χ1v) is 7.69. The molecule has 5 nitrogen and oxygen atoms in total. The maximum atomic E-state index is 12.2. The molecule has 0 saturated carbocycles. The zero-order chi connectivity index (χ0) is 15.4. The lowest BCUT2D eigenvalue weighted by Gasteiger charge is -2.22. The zero-order valence-corrected chi connectivity index (χ0v) is 14.4. The van der Waals surface area contributed by atoms with Crippen molar-refractivity contribution in [2.75, 3.05) is 19.6 Å². The fourth-order valence-electron chi connectivity index (χ4n) is 3.15. The maximum Gasteiger partial charge on any atom is 0.268 e. The quantitative estimate of drug-likeness (QED) is 0.727. The van der Waals surface area contributed by atoms with Crippen molar-refractivity contribution in [3.63, 3.8) is 0 Å². The summed E-state index contributed by atoms with van der Waals surface area (Å²) < 4.78 is 0. The molecule has 0 spiro atoms. The van der Waals surface area contributed by atoms with E-state index in [2.05, 4.69) is 15.6 Å². The van der Waals surface area contributed by atoms with Crippen LogP contribution in [-0.2, 0) is 0 Å². The number of H-pyrrole nitrogens is 1. The minimum Gasteiger partial charge on any atom is -0.354 e. The van der Waals surface area contributed by atoms with Gasteiger partial charge in [-0.1, -0.05) is 0 Å². The van der Waals surface area contributed by atoms with Crippen LogP contribution < -0.4 is 10.6 Å². The predicted molar refractivity (Wildman–Crippen MR) is 90.1 cm³/mol. The van der Waals surface area contributed by atoms with Crippen molar-refractivity contribution in [3.05, 3.63) is 22.5 Å². The minimum absolute atomic E-state index is 0. The summed E-state index contributed by atoms with van der Waals surface area (Å²) in [7, 11) is 0. The number of aromatic nitrogens is 1. The number of amides is 1. The molecule has 1 atom stereocenters. The van der Waals surface area contributed by atoms with E-state index < -0.39 is 0 Å².